The Kier molecular flexibility index (Phi) is 5.65. The van der Waals surface area contributed by atoms with Gasteiger partial charge in [0.2, 0.25) is 0 Å². The van der Waals surface area contributed by atoms with Crippen molar-refractivity contribution in [2.24, 2.45) is 0 Å². The molecule has 1 aliphatic rings. The quantitative estimate of drug-likeness (QED) is 0.769. The van der Waals surface area contributed by atoms with Crippen molar-refractivity contribution < 1.29 is 23.0 Å². The van der Waals surface area contributed by atoms with Crippen molar-refractivity contribution >= 4 is 21.8 Å². The van der Waals surface area contributed by atoms with Gasteiger partial charge in [0.15, 0.2) is 6.61 Å². The molecule has 2 aromatic rings. The number of halogens is 3. The highest BCUT2D eigenvalue weighted by Gasteiger charge is 2.25. The lowest BCUT2D eigenvalue weighted by atomic mass is 10.1. The molecule has 1 fully saturated rings. The second kappa shape index (κ2) is 7.93. The van der Waals surface area contributed by atoms with Crippen molar-refractivity contribution in [1.82, 2.24) is 4.90 Å². The molecule has 0 bridgehead atoms. The Morgan fingerprint density at radius 3 is 2.64 bits per heavy atom. The van der Waals surface area contributed by atoms with E-state index in [1.807, 2.05) is 0 Å². The fourth-order valence-electron chi connectivity index (χ4n) is 2.58. The molecule has 1 heterocycles. The van der Waals surface area contributed by atoms with Gasteiger partial charge in [0.1, 0.15) is 23.5 Å². The van der Waals surface area contributed by atoms with E-state index < -0.39 is 0 Å². The maximum Gasteiger partial charge on any atom is 0.260 e. The van der Waals surface area contributed by atoms with Gasteiger partial charge in [-0.1, -0.05) is 12.1 Å². The Morgan fingerprint density at radius 2 is 1.92 bits per heavy atom. The fourth-order valence-corrected chi connectivity index (χ4v) is 3.04. The average molecular weight is 412 g/mol. The number of rotatable bonds is 4. The van der Waals surface area contributed by atoms with E-state index in [9.17, 15) is 13.6 Å². The van der Waals surface area contributed by atoms with Crippen LogP contribution in [0.5, 0.6) is 5.75 Å². The van der Waals surface area contributed by atoms with Gasteiger partial charge in [0.05, 0.1) is 17.6 Å². The molecular formula is C18H16BrF2NO3. The number of benzene rings is 2. The van der Waals surface area contributed by atoms with E-state index in [0.29, 0.717) is 29.9 Å². The van der Waals surface area contributed by atoms with Gasteiger partial charge in [-0.2, -0.15) is 0 Å². The molecule has 0 radical (unpaired) electrons. The molecule has 0 spiro atoms. The molecule has 0 aliphatic carbocycles. The molecule has 3 rings (SSSR count). The topological polar surface area (TPSA) is 38.8 Å². The standard InChI is InChI=1S/C18H16BrF2NO3/c19-15-9-14(21)5-6-16(15)25-11-18(23)22-7-8-24-17(10-22)12-1-3-13(20)4-2-12/h1-6,9,17H,7-8,10-11H2. The Labute approximate surface area is 152 Å². The monoisotopic (exact) mass is 411 g/mol. The van der Waals surface area contributed by atoms with Gasteiger partial charge in [-0.25, -0.2) is 8.78 Å². The van der Waals surface area contributed by atoms with Crippen LogP contribution in [-0.4, -0.2) is 37.1 Å². The highest BCUT2D eigenvalue weighted by Crippen LogP contribution is 2.26. The third-order valence-electron chi connectivity index (χ3n) is 3.91. The Morgan fingerprint density at radius 1 is 1.20 bits per heavy atom. The third kappa shape index (κ3) is 4.55. The van der Waals surface area contributed by atoms with Crippen LogP contribution in [-0.2, 0) is 9.53 Å². The molecule has 1 aliphatic heterocycles. The largest absolute Gasteiger partial charge is 0.483 e. The number of hydrogen-bond acceptors (Lipinski definition) is 3. The van der Waals surface area contributed by atoms with Gasteiger partial charge in [-0.05, 0) is 51.8 Å². The first kappa shape index (κ1) is 17.8. The highest BCUT2D eigenvalue weighted by molar-refractivity contribution is 9.10. The zero-order chi connectivity index (χ0) is 17.8. The summed E-state index contributed by atoms with van der Waals surface area (Å²) in [7, 11) is 0. The van der Waals surface area contributed by atoms with Gasteiger partial charge in [-0.3, -0.25) is 4.79 Å². The number of nitrogens with zero attached hydrogens (tertiary/aromatic N) is 1. The predicted octanol–water partition coefficient (Wildman–Crippen LogP) is 3.71. The summed E-state index contributed by atoms with van der Waals surface area (Å²) in [5, 5.41) is 0. The molecule has 0 N–H and O–H groups in total. The number of hydrogen-bond donors (Lipinski definition) is 0. The molecule has 0 saturated carbocycles. The molecule has 7 heteroatoms. The normalized spacial score (nSPS) is 17.4. The molecule has 1 atom stereocenters. The molecule has 132 valence electrons. The predicted molar refractivity (Wildman–Crippen MR) is 91.3 cm³/mol. The zero-order valence-corrected chi connectivity index (χ0v) is 14.8. The van der Waals surface area contributed by atoms with Gasteiger partial charge in [0, 0.05) is 6.54 Å². The van der Waals surface area contributed by atoms with Crippen LogP contribution in [0.15, 0.2) is 46.9 Å². The number of morpholine rings is 1. The second-order valence-corrected chi connectivity index (χ2v) is 6.47. The summed E-state index contributed by atoms with van der Waals surface area (Å²) in [6.45, 7) is 1.08. The summed E-state index contributed by atoms with van der Waals surface area (Å²) < 4.78 is 37.7. The van der Waals surface area contributed by atoms with Crippen LogP contribution in [0.25, 0.3) is 0 Å². The first-order valence-corrected chi connectivity index (χ1v) is 8.55. The van der Waals surface area contributed by atoms with E-state index in [1.165, 1.54) is 30.3 Å². The average Bonchev–Trinajstić information content (AvgIpc) is 2.61. The molecule has 0 aromatic heterocycles. The number of carbonyl (C=O) groups excluding carboxylic acids is 1. The number of carbonyl (C=O) groups is 1. The molecule has 1 unspecified atom stereocenters. The maximum absolute atomic E-state index is 13.1. The lowest BCUT2D eigenvalue weighted by Gasteiger charge is -2.33. The van der Waals surface area contributed by atoms with Crippen LogP contribution in [0.4, 0.5) is 8.78 Å². The molecule has 1 saturated heterocycles. The van der Waals surface area contributed by atoms with Gasteiger partial charge in [-0.15, -0.1) is 0 Å². The van der Waals surface area contributed by atoms with Crippen molar-refractivity contribution in [3.8, 4) is 5.75 Å². The number of amides is 1. The van der Waals surface area contributed by atoms with Crippen LogP contribution >= 0.6 is 15.9 Å². The Hall–Kier alpha value is -1.99. The van der Waals surface area contributed by atoms with Crippen LogP contribution in [0.2, 0.25) is 0 Å². The van der Waals surface area contributed by atoms with Crippen molar-refractivity contribution in [2.75, 3.05) is 26.3 Å². The van der Waals surface area contributed by atoms with E-state index in [1.54, 1.807) is 17.0 Å². The summed E-state index contributed by atoms with van der Waals surface area (Å²) in [5.74, 6) is -0.489. The van der Waals surface area contributed by atoms with Crippen molar-refractivity contribution in [1.29, 1.82) is 0 Å². The summed E-state index contributed by atoms with van der Waals surface area (Å²) in [5.41, 5.74) is 0.820. The van der Waals surface area contributed by atoms with Crippen molar-refractivity contribution in [3.05, 3.63) is 64.1 Å². The zero-order valence-electron chi connectivity index (χ0n) is 13.3. The first-order valence-electron chi connectivity index (χ1n) is 7.75. The van der Waals surface area contributed by atoms with Gasteiger partial charge in [0.25, 0.3) is 5.91 Å². The Bertz CT molecular complexity index is 754. The van der Waals surface area contributed by atoms with Crippen LogP contribution < -0.4 is 4.74 Å². The lowest BCUT2D eigenvalue weighted by molar-refractivity contribution is -0.141. The third-order valence-corrected chi connectivity index (χ3v) is 4.53. The fraction of sp³-hybridized carbons (Fsp3) is 0.278. The van der Waals surface area contributed by atoms with Gasteiger partial charge >= 0.3 is 0 Å². The summed E-state index contributed by atoms with van der Waals surface area (Å²) in [6.07, 6.45) is -0.296. The minimum atomic E-state index is -0.388. The van der Waals surface area contributed by atoms with Crippen LogP contribution in [0.1, 0.15) is 11.7 Å². The summed E-state index contributed by atoms with van der Waals surface area (Å²) in [6, 6.07) is 10.1. The van der Waals surface area contributed by atoms with E-state index in [4.69, 9.17) is 9.47 Å². The minimum absolute atomic E-state index is 0.152. The lowest BCUT2D eigenvalue weighted by Crippen LogP contribution is -2.44. The van der Waals surface area contributed by atoms with E-state index in [2.05, 4.69) is 15.9 Å². The van der Waals surface area contributed by atoms with Crippen molar-refractivity contribution in [2.45, 2.75) is 6.10 Å². The minimum Gasteiger partial charge on any atom is -0.483 e. The summed E-state index contributed by atoms with van der Waals surface area (Å²) >= 11 is 3.20. The van der Waals surface area contributed by atoms with Crippen molar-refractivity contribution in [3.63, 3.8) is 0 Å². The first-order chi connectivity index (χ1) is 12.0. The molecule has 1 amide bonds. The smallest absolute Gasteiger partial charge is 0.260 e. The van der Waals surface area contributed by atoms with Gasteiger partial charge < -0.3 is 14.4 Å². The van der Waals surface area contributed by atoms with E-state index in [0.717, 1.165) is 5.56 Å². The molecule has 25 heavy (non-hydrogen) atoms. The summed E-state index contributed by atoms with van der Waals surface area (Å²) in [4.78, 5) is 14.0. The Balaban J connectivity index is 1.59. The van der Waals surface area contributed by atoms with E-state index >= 15 is 0 Å². The maximum atomic E-state index is 13.1. The number of ether oxygens (including phenoxy) is 2. The van der Waals surface area contributed by atoms with E-state index in [-0.39, 0.29) is 30.3 Å². The second-order valence-electron chi connectivity index (χ2n) is 5.61. The molecule has 4 nitrogen and oxygen atoms in total. The molecular weight excluding hydrogens is 396 g/mol. The highest BCUT2D eigenvalue weighted by atomic mass is 79.9. The van der Waals surface area contributed by atoms with Crippen LogP contribution in [0.3, 0.4) is 0 Å². The SMILES string of the molecule is O=C(COc1ccc(F)cc1Br)N1CCOC(c2ccc(F)cc2)C1. The van der Waals surface area contributed by atoms with Crippen LogP contribution in [0, 0.1) is 11.6 Å². The molecule has 2 aromatic carbocycles.